The van der Waals surface area contributed by atoms with Crippen molar-refractivity contribution in [1.82, 2.24) is 0 Å². The minimum Gasteiger partial charge on any atom is -0.490 e. The summed E-state index contributed by atoms with van der Waals surface area (Å²) in [5.41, 5.74) is 1.99. The fraction of sp³-hybridized carbons (Fsp3) is 0.190. The second-order valence-corrected chi connectivity index (χ2v) is 5.33. The first-order valence-electron chi connectivity index (χ1n) is 7.89. The van der Waals surface area contributed by atoms with Crippen LogP contribution in [0, 0.1) is 0 Å². The fourth-order valence-corrected chi connectivity index (χ4v) is 2.38. The smallest absolute Gasteiger partial charge is 0.314 e. The van der Waals surface area contributed by atoms with E-state index >= 15 is 0 Å². The van der Waals surface area contributed by atoms with E-state index in [1.165, 1.54) is 0 Å². The number of ether oxygens (including phenoxy) is 2. The van der Waals surface area contributed by atoms with Crippen LogP contribution in [-0.2, 0) is 16.0 Å². The molecule has 0 spiro atoms. The summed E-state index contributed by atoms with van der Waals surface area (Å²) in [5, 5.41) is 0. The SMILES string of the molecule is C=CCOC(=O)C(Cc1ccccc1)c1ccc(OCC=C)cc1. The zero-order valence-electron chi connectivity index (χ0n) is 13.7. The lowest BCUT2D eigenvalue weighted by molar-refractivity contribution is -0.144. The van der Waals surface area contributed by atoms with E-state index in [0.717, 1.165) is 16.9 Å². The van der Waals surface area contributed by atoms with Crippen molar-refractivity contribution in [2.75, 3.05) is 13.2 Å². The summed E-state index contributed by atoms with van der Waals surface area (Å²) in [6.45, 7) is 7.88. The molecule has 124 valence electrons. The van der Waals surface area contributed by atoms with Crippen molar-refractivity contribution in [2.45, 2.75) is 12.3 Å². The van der Waals surface area contributed by atoms with Crippen LogP contribution in [0.3, 0.4) is 0 Å². The van der Waals surface area contributed by atoms with Gasteiger partial charge in [-0.25, -0.2) is 0 Å². The fourth-order valence-electron chi connectivity index (χ4n) is 2.38. The molecule has 1 atom stereocenters. The summed E-state index contributed by atoms with van der Waals surface area (Å²) >= 11 is 0. The van der Waals surface area contributed by atoms with Crippen LogP contribution in [0.4, 0.5) is 0 Å². The predicted octanol–water partition coefficient (Wildman–Crippen LogP) is 4.31. The Hall–Kier alpha value is -2.81. The van der Waals surface area contributed by atoms with Crippen molar-refractivity contribution in [3.63, 3.8) is 0 Å². The molecule has 0 radical (unpaired) electrons. The maximum atomic E-state index is 12.4. The molecule has 0 aliphatic rings. The van der Waals surface area contributed by atoms with Crippen molar-refractivity contribution in [3.05, 3.63) is 91.0 Å². The number of hydrogen-bond acceptors (Lipinski definition) is 3. The molecule has 1 unspecified atom stereocenters. The third-order valence-electron chi connectivity index (χ3n) is 3.56. The standard InChI is InChI=1S/C21H22O3/c1-3-14-23-19-12-10-18(11-13-19)20(21(22)24-15-4-2)16-17-8-6-5-7-9-17/h3-13,20H,1-2,14-16H2. The molecule has 0 aliphatic heterocycles. The number of hydrogen-bond donors (Lipinski definition) is 0. The van der Waals surface area contributed by atoms with Crippen LogP contribution < -0.4 is 4.74 Å². The van der Waals surface area contributed by atoms with E-state index in [9.17, 15) is 4.79 Å². The Kier molecular flexibility index (Phi) is 6.84. The first kappa shape index (κ1) is 17.5. The number of esters is 1. The van der Waals surface area contributed by atoms with Gasteiger partial charge in [0, 0.05) is 0 Å². The van der Waals surface area contributed by atoms with Gasteiger partial charge in [-0.15, -0.1) is 0 Å². The van der Waals surface area contributed by atoms with Gasteiger partial charge in [0.15, 0.2) is 0 Å². The van der Waals surface area contributed by atoms with Gasteiger partial charge in [-0.05, 0) is 29.7 Å². The predicted molar refractivity (Wildman–Crippen MR) is 96.2 cm³/mol. The second-order valence-electron chi connectivity index (χ2n) is 5.33. The van der Waals surface area contributed by atoms with Crippen molar-refractivity contribution in [1.29, 1.82) is 0 Å². The van der Waals surface area contributed by atoms with Gasteiger partial charge in [-0.3, -0.25) is 4.79 Å². The van der Waals surface area contributed by atoms with E-state index in [4.69, 9.17) is 9.47 Å². The maximum Gasteiger partial charge on any atom is 0.314 e. The first-order chi connectivity index (χ1) is 11.7. The molecule has 0 aliphatic carbocycles. The molecule has 0 saturated carbocycles. The van der Waals surface area contributed by atoms with Gasteiger partial charge >= 0.3 is 5.97 Å². The van der Waals surface area contributed by atoms with Gasteiger partial charge in [0.1, 0.15) is 19.0 Å². The largest absolute Gasteiger partial charge is 0.490 e. The molecule has 3 nitrogen and oxygen atoms in total. The molecule has 0 saturated heterocycles. The number of carbonyl (C=O) groups excluding carboxylic acids is 1. The van der Waals surface area contributed by atoms with Crippen LogP contribution in [-0.4, -0.2) is 19.2 Å². The van der Waals surface area contributed by atoms with Crippen LogP contribution >= 0.6 is 0 Å². The summed E-state index contributed by atoms with van der Waals surface area (Å²) < 4.78 is 10.8. The Bertz CT molecular complexity index is 659. The van der Waals surface area contributed by atoms with Gasteiger partial charge in [0.25, 0.3) is 0 Å². The van der Waals surface area contributed by atoms with Crippen molar-refractivity contribution in [2.24, 2.45) is 0 Å². The molecule has 2 aromatic rings. The number of benzene rings is 2. The first-order valence-corrected chi connectivity index (χ1v) is 7.89. The highest BCUT2D eigenvalue weighted by Crippen LogP contribution is 2.25. The lowest BCUT2D eigenvalue weighted by Crippen LogP contribution is -2.18. The maximum absolute atomic E-state index is 12.4. The molecule has 0 heterocycles. The second kappa shape index (κ2) is 9.36. The van der Waals surface area contributed by atoms with Crippen LogP contribution in [0.1, 0.15) is 17.0 Å². The lowest BCUT2D eigenvalue weighted by Gasteiger charge is -2.17. The van der Waals surface area contributed by atoms with Crippen molar-refractivity contribution >= 4 is 5.97 Å². The average Bonchev–Trinajstić information content (AvgIpc) is 2.64. The molecule has 0 amide bonds. The van der Waals surface area contributed by atoms with E-state index in [2.05, 4.69) is 13.2 Å². The molecule has 0 bridgehead atoms. The van der Waals surface area contributed by atoms with Gasteiger partial charge in [0.05, 0.1) is 5.92 Å². The van der Waals surface area contributed by atoms with E-state index in [-0.39, 0.29) is 18.5 Å². The number of carbonyl (C=O) groups is 1. The van der Waals surface area contributed by atoms with Crippen LogP contribution in [0.15, 0.2) is 79.9 Å². The summed E-state index contributed by atoms with van der Waals surface area (Å²) in [7, 11) is 0. The zero-order chi connectivity index (χ0) is 17.2. The lowest BCUT2D eigenvalue weighted by atomic mass is 9.92. The van der Waals surface area contributed by atoms with Crippen LogP contribution in [0.2, 0.25) is 0 Å². The Morgan fingerprint density at radius 2 is 1.62 bits per heavy atom. The highest BCUT2D eigenvalue weighted by molar-refractivity contribution is 5.78. The summed E-state index contributed by atoms with van der Waals surface area (Å²) in [5.74, 6) is 0.135. The topological polar surface area (TPSA) is 35.5 Å². The van der Waals surface area contributed by atoms with Crippen molar-refractivity contribution < 1.29 is 14.3 Å². The van der Waals surface area contributed by atoms with Crippen LogP contribution in [0.5, 0.6) is 5.75 Å². The highest BCUT2D eigenvalue weighted by atomic mass is 16.5. The molecule has 24 heavy (non-hydrogen) atoms. The average molecular weight is 322 g/mol. The minimum atomic E-state index is -0.360. The van der Waals surface area contributed by atoms with Gasteiger partial charge in [0.2, 0.25) is 0 Å². The van der Waals surface area contributed by atoms with E-state index in [1.54, 1.807) is 12.2 Å². The third-order valence-corrected chi connectivity index (χ3v) is 3.56. The van der Waals surface area contributed by atoms with Crippen LogP contribution in [0.25, 0.3) is 0 Å². The van der Waals surface area contributed by atoms with E-state index in [1.807, 2.05) is 54.6 Å². The van der Waals surface area contributed by atoms with Gasteiger partial charge in [-0.1, -0.05) is 67.8 Å². The van der Waals surface area contributed by atoms with Gasteiger partial charge in [-0.2, -0.15) is 0 Å². The molecule has 0 fully saturated rings. The summed E-state index contributed by atoms with van der Waals surface area (Å²) in [6, 6.07) is 17.4. The highest BCUT2D eigenvalue weighted by Gasteiger charge is 2.22. The normalized spacial score (nSPS) is 11.3. The molecule has 2 aromatic carbocycles. The Morgan fingerprint density at radius 3 is 2.25 bits per heavy atom. The summed E-state index contributed by atoms with van der Waals surface area (Å²) in [6.07, 6.45) is 3.85. The Balaban J connectivity index is 2.19. The molecule has 0 aromatic heterocycles. The van der Waals surface area contributed by atoms with E-state index < -0.39 is 0 Å². The van der Waals surface area contributed by atoms with Gasteiger partial charge < -0.3 is 9.47 Å². The van der Waals surface area contributed by atoms with Crippen molar-refractivity contribution in [3.8, 4) is 5.75 Å². The Labute approximate surface area is 143 Å². The molecule has 3 heteroatoms. The monoisotopic (exact) mass is 322 g/mol. The zero-order valence-corrected chi connectivity index (χ0v) is 13.7. The molecule has 0 N–H and O–H groups in total. The molecular formula is C21H22O3. The molecule has 2 rings (SSSR count). The quantitative estimate of drug-likeness (QED) is 0.510. The summed E-state index contributed by atoms with van der Waals surface area (Å²) in [4.78, 5) is 12.4. The third kappa shape index (κ3) is 5.13. The van der Waals surface area contributed by atoms with E-state index in [0.29, 0.717) is 13.0 Å². The number of rotatable bonds is 9. The Morgan fingerprint density at radius 1 is 0.958 bits per heavy atom. The minimum absolute atomic E-state index is 0.213. The molecular weight excluding hydrogens is 300 g/mol.